The first-order valence-corrected chi connectivity index (χ1v) is 6.91. The smallest absolute Gasteiger partial charge is 0.160 e. The molecule has 0 aliphatic carbocycles. The molecule has 0 bridgehead atoms. The first kappa shape index (κ1) is 14.7. The fourth-order valence-electron chi connectivity index (χ4n) is 2.67. The zero-order valence-electron chi connectivity index (χ0n) is 11.1. The van der Waals surface area contributed by atoms with Crippen LogP contribution in [-0.4, -0.2) is 19.3 Å². The summed E-state index contributed by atoms with van der Waals surface area (Å²) in [7, 11) is 0. The van der Waals surface area contributed by atoms with Crippen molar-refractivity contribution < 1.29 is 13.5 Å². The normalized spacial score (nSPS) is 24.7. The van der Waals surface area contributed by atoms with Gasteiger partial charge in [-0.05, 0) is 37.6 Å². The predicted octanol–water partition coefficient (Wildman–Crippen LogP) is 3.69. The number of rotatable bonds is 4. The third kappa shape index (κ3) is 3.07. The van der Waals surface area contributed by atoms with E-state index in [2.05, 4.69) is 5.32 Å². The summed E-state index contributed by atoms with van der Waals surface area (Å²) in [6, 6.07) is 2.11. The van der Waals surface area contributed by atoms with Crippen LogP contribution in [0.2, 0.25) is 5.02 Å². The van der Waals surface area contributed by atoms with Crippen molar-refractivity contribution in [1.29, 1.82) is 0 Å². The van der Waals surface area contributed by atoms with Gasteiger partial charge in [0.25, 0.3) is 0 Å². The van der Waals surface area contributed by atoms with Crippen molar-refractivity contribution in [3.63, 3.8) is 0 Å². The Morgan fingerprint density at radius 2 is 2.11 bits per heavy atom. The summed E-state index contributed by atoms with van der Waals surface area (Å²) in [5.41, 5.74) is 0.602. The Bertz CT molecular complexity index is 455. The van der Waals surface area contributed by atoms with Gasteiger partial charge in [0.15, 0.2) is 11.6 Å². The third-order valence-corrected chi connectivity index (χ3v) is 3.99. The molecular weight excluding hydrogens is 272 g/mol. The molecule has 1 aromatic carbocycles. The number of halogens is 3. The van der Waals surface area contributed by atoms with Crippen LogP contribution in [0.3, 0.4) is 0 Å². The minimum absolute atomic E-state index is 0.0771. The molecule has 1 fully saturated rings. The zero-order chi connectivity index (χ0) is 14.0. The molecule has 0 spiro atoms. The molecule has 2 nitrogen and oxygen atoms in total. The van der Waals surface area contributed by atoms with E-state index in [1.165, 1.54) is 6.07 Å². The van der Waals surface area contributed by atoms with Crippen molar-refractivity contribution in [2.75, 3.05) is 13.2 Å². The van der Waals surface area contributed by atoms with E-state index in [1.54, 1.807) is 0 Å². The second-order valence-corrected chi connectivity index (χ2v) is 5.26. The van der Waals surface area contributed by atoms with Crippen LogP contribution in [0.1, 0.15) is 31.9 Å². The Balaban J connectivity index is 2.35. The van der Waals surface area contributed by atoms with Crippen LogP contribution in [0, 0.1) is 17.6 Å². The van der Waals surface area contributed by atoms with Crippen LogP contribution in [0.25, 0.3) is 0 Å². The van der Waals surface area contributed by atoms with Gasteiger partial charge in [-0.3, -0.25) is 0 Å². The van der Waals surface area contributed by atoms with Gasteiger partial charge in [-0.2, -0.15) is 0 Å². The van der Waals surface area contributed by atoms with Gasteiger partial charge in [-0.25, -0.2) is 8.78 Å². The second kappa shape index (κ2) is 6.16. The van der Waals surface area contributed by atoms with Crippen molar-refractivity contribution in [1.82, 2.24) is 5.32 Å². The lowest BCUT2D eigenvalue weighted by atomic mass is 9.88. The molecule has 1 aliphatic heterocycles. The van der Waals surface area contributed by atoms with E-state index < -0.39 is 11.6 Å². The molecular formula is C14H18ClF2NO. The summed E-state index contributed by atoms with van der Waals surface area (Å²) in [6.45, 7) is 5.38. The Hall–Kier alpha value is -0.710. The molecule has 0 amide bonds. The van der Waals surface area contributed by atoms with E-state index in [-0.39, 0.29) is 23.1 Å². The van der Waals surface area contributed by atoms with E-state index in [1.807, 2.05) is 13.8 Å². The summed E-state index contributed by atoms with van der Waals surface area (Å²) in [4.78, 5) is 0. The van der Waals surface area contributed by atoms with Crippen molar-refractivity contribution in [3.8, 4) is 0 Å². The summed E-state index contributed by atoms with van der Waals surface area (Å²) >= 11 is 6.07. The van der Waals surface area contributed by atoms with Crippen LogP contribution in [0.5, 0.6) is 0 Å². The molecule has 19 heavy (non-hydrogen) atoms. The van der Waals surface area contributed by atoms with Gasteiger partial charge in [0, 0.05) is 23.6 Å². The lowest BCUT2D eigenvalue weighted by Crippen LogP contribution is -2.32. The summed E-state index contributed by atoms with van der Waals surface area (Å²) in [5.74, 6) is -1.57. The molecule has 5 heteroatoms. The van der Waals surface area contributed by atoms with E-state index in [0.29, 0.717) is 12.2 Å². The molecule has 1 aliphatic rings. The number of hydrogen-bond acceptors (Lipinski definition) is 2. The van der Waals surface area contributed by atoms with Crippen LogP contribution < -0.4 is 5.32 Å². The van der Waals surface area contributed by atoms with Gasteiger partial charge in [0.1, 0.15) is 0 Å². The molecule has 1 aromatic rings. The summed E-state index contributed by atoms with van der Waals surface area (Å²) in [5, 5.41) is 3.56. The van der Waals surface area contributed by atoms with Gasteiger partial charge in [-0.1, -0.05) is 18.5 Å². The minimum atomic E-state index is -0.917. The Morgan fingerprint density at radius 3 is 2.68 bits per heavy atom. The fourth-order valence-corrected chi connectivity index (χ4v) is 2.94. The maximum absolute atomic E-state index is 13.5. The van der Waals surface area contributed by atoms with Crippen LogP contribution >= 0.6 is 11.6 Å². The molecule has 2 rings (SSSR count). The minimum Gasteiger partial charge on any atom is -0.378 e. The van der Waals surface area contributed by atoms with Crippen molar-refractivity contribution in [2.45, 2.75) is 32.4 Å². The molecule has 0 radical (unpaired) electrons. The quantitative estimate of drug-likeness (QED) is 0.854. The highest BCUT2D eigenvalue weighted by molar-refractivity contribution is 6.31. The van der Waals surface area contributed by atoms with Gasteiger partial charge in [-0.15, -0.1) is 0 Å². The van der Waals surface area contributed by atoms with E-state index in [4.69, 9.17) is 16.3 Å². The van der Waals surface area contributed by atoms with Crippen LogP contribution in [0.15, 0.2) is 12.1 Å². The molecule has 3 atom stereocenters. The van der Waals surface area contributed by atoms with Gasteiger partial charge >= 0.3 is 0 Å². The maximum Gasteiger partial charge on any atom is 0.160 e. The topological polar surface area (TPSA) is 21.3 Å². The van der Waals surface area contributed by atoms with E-state index in [0.717, 1.165) is 19.0 Å². The first-order chi connectivity index (χ1) is 9.04. The number of hydrogen-bond donors (Lipinski definition) is 1. The second-order valence-electron chi connectivity index (χ2n) is 4.85. The largest absolute Gasteiger partial charge is 0.378 e. The van der Waals surface area contributed by atoms with Crippen molar-refractivity contribution in [3.05, 3.63) is 34.4 Å². The molecule has 1 saturated heterocycles. The number of ether oxygens (including phenoxy) is 1. The van der Waals surface area contributed by atoms with E-state index in [9.17, 15) is 8.78 Å². The standard InChI is InChI=1S/C14H18ClF2NO/c1-3-18-14(9-4-5-19-8(9)2)10-6-12(16)13(17)7-11(10)15/h6-9,14,18H,3-5H2,1-2H3. The van der Waals surface area contributed by atoms with Crippen molar-refractivity contribution in [2.24, 2.45) is 5.92 Å². The third-order valence-electron chi connectivity index (χ3n) is 3.66. The molecule has 1 N–H and O–H groups in total. The molecule has 3 unspecified atom stereocenters. The lowest BCUT2D eigenvalue weighted by Gasteiger charge is -2.28. The SMILES string of the molecule is CCNC(c1cc(F)c(F)cc1Cl)C1CCOC1C. The highest BCUT2D eigenvalue weighted by Gasteiger charge is 2.33. The maximum atomic E-state index is 13.5. The average molecular weight is 290 g/mol. The number of nitrogens with one attached hydrogen (secondary N) is 1. The molecule has 0 saturated carbocycles. The molecule has 0 aromatic heterocycles. The Morgan fingerprint density at radius 1 is 1.42 bits per heavy atom. The lowest BCUT2D eigenvalue weighted by molar-refractivity contribution is 0.0955. The zero-order valence-corrected chi connectivity index (χ0v) is 11.8. The van der Waals surface area contributed by atoms with Crippen LogP contribution in [-0.2, 0) is 4.74 Å². The van der Waals surface area contributed by atoms with Gasteiger partial charge < -0.3 is 10.1 Å². The summed E-state index contributed by atoms with van der Waals surface area (Å²) < 4.78 is 32.2. The highest BCUT2D eigenvalue weighted by Crippen LogP contribution is 2.37. The van der Waals surface area contributed by atoms with Crippen molar-refractivity contribution >= 4 is 11.6 Å². The Labute approximate surface area is 117 Å². The number of benzene rings is 1. The fraction of sp³-hybridized carbons (Fsp3) is 0.571. The predicted molar refractivity (Wildman–Crippen MR) is 71.3 cm³/mol. The monoisotopic (exact) mass is 289 g/mol. The summed E-state index contributed by atoms with van der Waals surface area (Å²) in [6.07, 6.45) is 0.960. The van der Waals surface area contributed by atoms with Crippen LogP contribution in [0.4, 0.5) is 8.78 Å². The van der Waals surface area contributed by atoms with E-state index >= 15 is 0 Å². The Kier molecular flexibility index (Phi) is 4.76. The highest BCUT2D eigenvalue weighted by atomic mass is 35.5. The van der Waals surface area contributed by atoms with Gasteiger partial charge in [0.2, 0.25) is 0 Å². The van der Waals surface area contributed by atoms with Gasteiger partial charge in [0.05, 0.1) is 6.10 Å². The molecule has 1 heterocycles. The first-order valence-electron chi connectivity index (χ1n) is 6.54. The average Bonchev–Trinajstić information content (AvgIpc) is 2.77. The molecule has 106 valence electrons.